The molecule has 1 amide bonds. The van der Waals surface area contributed by atoms with Gasteiger partial charge in [0.25, 0.3) is 5.69 Å². The number of ether oxygens (including phenoxy) is 2. The van der Waals surface area contributed by atoms with E-state index in [1.807, 2.05) is 62.9 Å². The Balaban J connectivity index is 1.78. The Morgan fingerprint density at radius 1 is 1.22 bits per heavy atom. The Kier molecular flexibility index (Phi) is 7.22. The SMILES string of the molecule is Cc1c(Oc2ccccc2)ccc([N+](=O)[O-])c1N1CCC[C@@H](CNC(=O)OC(C)(C)C)C1. The van der Waals surface area contributed by atoms with Crippen LogP contribution in [0.4, 0.5) is 16.2 Å². The molecule has 1 aliphatic heterocycles. The van der Waals surface area contributed by atoms with Crippen molar-refractivity contribution in [1.82, 2.24) is 5.32 Å². The van der Waals surface area contributed by atoms with Gasteiger partial charge < -0.3 is 19.7 Å². The van der Waals surface area contributed by atoms with Gasteiger partial charge in [0.2, 0.25) is 0 Å². The third-order valence-corrected chi connectivity index (χ3v) is 5.30. The molecule has 2 aromatic carbocycles. The number of nitro groups is 1. The number of carbonyl (C=O) groups is 1. The van der Waals surface area contributed by atoms with Gasteiger partial charge in [-0.3, -0.25) is 10.1 Å². The average Bonchev–Trinajstić information content (AvgIpc) is 2.73. The summed E-state index contributed by atoms with van der Waals surface area (Å²) in [6, 6.07) is 12.5. The van der Waals surface area contributed by atoms with Crippen molar-refractivity contribution in [2.24, 2.45) is 5.92 Å². The van der Waals surface area contributed by atoms with E-state index >= 15 is 0 Å². The van der Waals surface area contributed by atoms with Crippen molar-refractivity contribution in [3.63, 3.8) is 0 Å². The monoisotopic (exact) mass is 441 g/mol. The van der Waals surface area contributed by atoms with Crippen molar-refractivity contribution in [2.75, 3.05) is 24.5 Å². The van der Waals surface area contributed by atoms with E-state index < -0.39 is 11.7 Å². The molecule has 1 N–H and O–H groups in total. The molecular weight excluding hydrogens is 410 g/mol. The molecule has 1 aliphatic rings. The van der Waals surface area contributed by atoms with Crippen LogP contribution in [0.1, 0.15) is 39.2 Å². The molecular formula is C24H31N3O5. The fourth-order valence-electron chi connectivity index (χ4n) is 3.92. The number of amides is 1. The van der Waals surface area contributed by atoms with Crippen molar-refractivity contribution < 1.29 is 19.2 Å². The van der Waals surface area contributed by atoms with Crippen LogP contribution in [-0.2, 0) is 4.74 Å². The van der Waals surface area contributed by atoms with Crippen LogP contribution in [0.15, 0.2) is 42.5 Å². The number of rotatable bonds is 6. The van der Waals surface area contributed by atoms with Crippen molar-refractivity contribution >= 4 is 17.5 Å². The zero-order valence-corrected chi connectivity index (χ0v) is 19.1. The first kappa shape index (κ1) is 23.4. The first-order valence-electron chi connectivity index (χ1n) is 10.9. The molecule has 32 heavy (non-hydrogen) atoms. The molecule has 8 heteroatoms. The number of benzene rings is 2. The second kappa shape index (κ2) is 9.89. The summed E-state index contributed by atoms with van der Waals surface area (Å²) in [5.41, 5.74) is 0.803. The van der Waals surface area contributed by atoms with Crippen LogP contribution >= 0.6 is 0 Å². The molecule has 1 atom stereocenters. The molecule has 172 valence electrons. The highest BCUT2D eigenvalue weighted by Gasteiger charge is 2.29. The summed E-state index contributed by atoms with van der Waals surface area (Å²) < 4.78 is 11.3. The van der Waals surface area contributed by atoms with Gasteiger partial charge in [0, 0.05) is 31.3 Å². The lowest BCUT2D eigenvalue weighted by Crippen LogP contribution is -2.42. The fourth-order valence-corrected chi connectivity index (χ4v) is 3.92. The van der Waals surface area contributed by atoms with Crippen LogP contribution < -0.4 is 15.0 Å². The molecule has 0 radical (unpaired) electrons. The van der Waals surface area contributed by atoms with Crippen LogP contribution in [0.5, 0.6) is 11.5 Å². The Hall–Kier alpha value is -3.29. The van der Waals surface area contributed by atoms with E-state index in [0.717, 1.165) is 18.4 Å². The summed E-state index contributed by atoms with van der Waals surface area (Å²) in [6.45, 7) is 9.08. The Labute approximate surface area is 188 Å². The van der Waals surface area contributed by atoms with Crippen LogP contribution in [0, 0.1) is 23.0 Å². The predicted molar refractivity (Wildman–Crippen MR) is 124 cm³/mol. The molecule has 8 nitrogen and oxygen atoms in total. The van der Waals surface area contributed by atoms with Crippen LogP contribution in [0.2, 0.25) is 0 Å². The quantitative estimate of drug-likeness (QED) is 0.474. The summed E-state index contributed by atoms with van der Waals surface area (Å²) in [6.07, 6.45) is 1.36. The van der Waals surface area contributed by atoms with Crippen LogP contribution in [0.25, 0.3) is 0 Å². The summed E-state index contributed by atoms with van der Waals surface area (Å²) in [4.78, 5) is 25.5. The van der Waals surface area contributed by atoms with Crippen LogP contribution in [0.3, 0.4) is 0 Å². The number of anilines is 1. The van der Waals surface area contributed by atoms with Crippen molar-refractivity contribution in [3.8, 4) is 11.5 Å². The molecule has 0 spiro atoms. The molecule has 1 fully saturated rings. The van der Waals surface area contributed by atoms with Gasteiger partial charge in [-0.05, 0) is 64.7 Å². The van der Waals surface area contributed by atoms with Crippen LogP contribution in [-0.4, -0.2) is 36.3 Å². The molecule has 3 rings (SSSR count). The molecule has 0 aromatic heterocycles. The van der Waals surface area contributed by atoms with E-state index in [1.165, 1.54) is 6.07 Å². The smallest absolute Gasteiger partial charge is 0.407 e. The molecule has 0 unspecified atom stereocenters. The van der Waals surface area contributed by atoms with Gasteiger partial charge in [0.15, 0.2) is 0 Å². The minimum atomic E-state index is -0.556. The van der Waals surface area contributed by atoms with Gasteiger partial charge in [-0.1, -0.05) is 18.2 Å². The highest BCUT2D eigenvalue weighted by Crippen LogP contribution is 2.40. The lowest BCUT2D eigenvalue weighted by Gasteiger charge is -2.35. The van der Waals surface area contributed by atoms with E-state index in [9.17, 15) is 14.9 Å². The lowest BCUT2D eigenvalue weighted by atomic mass is 9.96. The summed E-state index contributed by atoms with van der Waals surface area (Å²) in [5.74, 6) is 1.42. The molecule has 1 saturated heterocycles. The van der Waals surface area contributed by atoms with Gasteiger partial charge >= 0.3 is 6.09 Å². The maximum Gasteiger partial charge on any atom is 0.407 e. The van der Waals surface area contributed by atoms with Gasteiger partial charge in [0.1, 0.15) is 22.8 Å². The standard InChI is InChI=1S/C24H31N3O5/c1-17-21(31-19-10-6-5-7-11-19)13-12-20(27(29)30)22(17)26-14-8-9-18(16-26)15-25-23(28)32-24(2,3)4/h5-7,10-13,18H,8-9,14-16H2,1-4H3,(H,25,28)/t18-/m0/s1. The second-order valence-electron chi connectivity index (χ2n) is 9.07. The number of nitro benzene ring substituents is 1. The molecule has 2 aromatic rings. The van der Waals surface area contributed by atoms with E-state index in [-0.39, 0.29) is 16.5 Å². The largest absolute Gasteiger partial charge is 0.457 e. The second-order valence-corrected chi connectivity index (χ2v) is 9.07. The molecule has 0 aliphatic carbocycles. The third-order valence-electron chi connectivity index (χ3n) is 5.30. The number of carbonyl (C=O) groups excluding carboxylic acids is 1. The number of nitrogens with zero attached hydrogens (tertiary/aromatic N) is 2. The van der Waals surface area contributed by atoms with Gasteiger partial charge in [0.05, 0.1) is 4.92 Å². The highest BCUT2D eigenvalue weighted by molar-refractivity contribution is 5.72. The summed E-state index contributed by atoms with van der Waals surface area (Å²) in [7, 11) is 0. The van der Waals surface area contributed by atoms with E-state index in [1.54, 1.807) is 6.07 Å². The number of hydrogen-bond acceptors (Lipinski definition) is 6. The minimum Gasteiger partial charge on any atom is -0.457 e. The Morgan fingerprint density at radius 2 is 1.94 bits per heavy atom. The molecule has 0 bridgehead atoms. The summed E-state index contributed by atoms with van der Waals surface area (Å²) >= 11 is 0. The minimum absolute atomic E-state index is 0.0589. The predicted octanol–water partition coefficient (Wildman–Crippen LogP) is 5.44. The Bertz CT molecular complexity index is 956. The Morgan fingerprint density at radius 3 is 2.59 bits per heavy atom. The van der Waals surface area contributed by atoms with Crippen molar-refractivity contribution in [3.05, 3.63) is 58.1 Å². The highest BCUT2D eigenvalue weighted by atomic mass is 16.6. The zero-order chi connectivity index (χ0) is 23.3. The van der Waals surface area contributed by atoms with Crippen molar-refractivity contribution in [1.29, 1.82) is 0 Å². The maximum atomic E-state index is 12.0. The van der Waals surface area contributed by atoms with Crippen molar-refractivity contribution in [2.45, 2.75) is 46.1 Å². The van der Waals surface area contributed by atoms with Gasteiger partial charge in [-0.2, -0.15) is 0 Å². The summed E-state index contributed by atoms with van der Waals surface area (Å²) in [5, 5.41) is 14.6. The van der Waals surface area contributed by atoms with E-state index in [0.29, 0.717) is 36.8 Å². The number of hydrogen-bond donors (Lipinski definition) is 1. The average molecular weight is 442 g/mol. The molecule has 1 heterocycles. The fraction of sp³-hybridized carbons (Fsp3) is 0.458. The normalized spacial score (nSPS) is 16.4. The number of piperidine rings is 1. The molecule has 0 saturated carbocycles. The topological polar surface area (TPSA) is 93.9 Å². The number of nitrogens with one attached hydrogen (secondary N) is 1. The lowest BCUT2D eigenvalue weighted by molar-refractivity contribution is -0.384. The zero-order valence-electron chi connectivity index (χ0n) is 19.1. The van der Waals surface area contributed by atoms with E-state index in [4.69, 9.17) is 9.47 Å². The first-order valence-corrected chi connectivity index (χ1v) is 10.9. The third kappa shape index (κ3) is 6.12. The first-order chi connectivity index (χ1) is 15.1. The maximum absolute atomic E-state index is 12.0. The van der Waals surface area contributed by atoms with E-state index in [2.05, 4.69) is 5.32 Å². The number of para-hydroxylation sites is 1. The van der Waals surface area contributed by atoms with Gasteiger partial charge in [-0.15, -0.1) is 0 Å². The number of alkyl carbamates (subject to hydrolysis) is 1. The van der Waals surface area contributed by atoms with Gasteiger partial charge in [-0.25, -0.2) is 4.79 Å².